The molecule has 2 N–H and O–H groups in total. The first kappa shape index (κ1) is 16.9. The van der Waals surface area contributed by atoms with Crippen molar-refractivity contribution < 1.29 is 14.7 Å². The Hall–Kier alpha value is -2.47. The van der Waals surface area contributed by atoms with Gasteiger partial charge in [0, 0.05) is 11.5 Å². The molecule has 0 aliphatic heterocycles. The number of carboxylic acids is 1. The maximum Gasteiger partial charge on any atom is 0.335 e. The fraction of sp³-hybridized carbons (Fsp3) is 0.235. The Labute approximate surface area is 138 Å². The highest BCUT2D eigenvalue weighted by molar-refractivity contribution is 7.09. The molecule has 5 nitrogen and oxygen atoms in total. The largest absolute Gasteiger partial charge is 0.478 e. The van der Waals surface area contributed by atoms with Gasteiger partial charge in [0.05, 0.1) is 22.3 Å². The summed E-state index contributed by atoms with van der Waals surface area (Å²) >= 11 is 1.59. The molecule has 1 heterocycles. The standard InChI is InChI=1S/C17H18N2O3S/c1-3-16-19-14(10-23-16)11(2)18-15(20)9-6-12-4-7-13(8-5-12)17(21)22/h4-11H,3H2,1-2H3,(H,18,20)(H,21,22)/b9-6+. The molecule has 0 saturated heterocycles. The van der Waals surface area contributed by atoms with Crippen molar-refractivity contribution in [3.05, 3.63) is 57.6 Å². The van der Waals surface area contributed by atoms with E-state index < -0.39 is 5.97 Å². The molecule has 1 unspecified atom stereocenters. The fourth-order valence-corrected chi connectivity index (χ4v) is 2.77. The Morgan fingerprint density at radius 1 is 1.35 bits per heavy atom. The monoisotopic (exact) mass is 330 g/mol. The lowest BCUT2D eigenvalue weighted by atomic mass is 10.1. The molecule has 6 heteroatoms. The Morgan fingerprint density at radius 3 is 2.61 bits per heavy atom. The molecular weight excluding hydrogens is 312 g/mol. The number of thiazole rings is 1. The van der Waals surface area contributed by atoms with Gasteiger partial charge in [-0.3, -0.25) is 4.79 Å². The molecule has 120 valence electrons. The van der Waals surface area contributed by atoms with Crippen LogP contribution >= 0.6 is 11.3 Å². The van der Waals surface area contributed by atoms with E-state index in [1.54, 1.807) is 29.5 Å². The van der Waals surface area contributed by atoms with E-state index >= 15 is 0 Å². The van der Waals surface area contributed by atoms with Crippen molar-refractivity contribution in [2.45, 2.75) is 26.3 Å². The van der Waals surface area contributed by atoms with Crippen LogP contribution in [0.25, 0.3) is 6.08 Å². The third-order valence-electron chi connectivity index (χ3n) is 3.26. The van der Waals surface area contributed by atoms with Crippen molar-refractivity contribution in [1.82, 2.24) is 10.3 Å². The topological polar surface area (TPSA) is 79.3 Å². The molecule has 1 aromatic heterocycles. The fourth-order valence-electron chi connectivity index (χ4n) is 1.93. The zero-order valence-corrected chi connectivity index (χ0v) is 13.8. The van der Waals surface area contributed by atoms with Crippen LogP contribution < -0.4 is 5.32 Å². The summed E-state index contributed by atoms with van der Waals surface area (Å²) in [4.78, 5) is 27.2. The first-order valence-corrected chi connectivity index (χ1v) is 8.13. The number of nitrogens with zero attached hydrogens (tertiary/aromatic N) is 1. The Morgan fingerprint density at radius 2 is 2.04 bits per heavy atom. The van der Waals surface area contributed by atoms with Gasteiger partial charge in [0.25, 0.3) is 0 Å². The maximum atomic E-state index is 11.9. The van der Waals surface area contributed by atoms with Gasteiger partial charge in [0.15, 0.2) is 0 Å². The van der Waals surface area contributed by atoms with E-state index in [9.17, 15) is 9.59 Å². The highest BCUT2D eigenvalue weighted by atomic mass is 32.1. The quantitative estimate of drug-likeness (QED) is 0.797. The molecule has 0 aliphatic rings. The van der Waals surface area contributed by atoms with Gasteiger partial charge in [-0.1, -0.05) is 19.1 Å². The van der Waals surface area contributed by atoms with Crippen molar-refractivity contribution >= 4 is 29.3 Å². The molecule has 2 rings (SSSR count). The third-order valence-corrected chi connectivity index (χ3v) is 4.27. The van der Waals surface area contributed by atoms with Crippen LogP contribution in [0.4, 0.5) is 0 Å². The molecule has 0 saturated carbocycles. The van der Waals surface area contributed by atoms with E-state index in [-0.39, 0.29) is 17.5 Å². The normalized spacial score (nSPS) is 12.3. The SMILES string of the molecule is CCc1nc(C(C)NC(=O)/C=C/c2ccc(C(=O)O)cc2)cs1. The van der Waals surface area contributed by atoms with Crippen molar-refractivity contribution in [2.24, 2.45) is 0 Å². The second kappa shape index (κ2) is 7.69. The van der Waals surface area contributed by atoms with Crippen LogP contribution in [0.2, 0.25) is 0 Å². The minimum absolute atomic E-state index is 0.155. The van der Waals surface area contributed by atoms with Gasteiger partial charge in [-0.05, 0) is 37.1 Å². The highest BCUT2D eigenvalue weighted by Crippen LogP contribution is 2.17. The molecule has 0 bridgehead atoms. The predicted molar refractivity (Wildman–Crippen MR) is 90.5 cm³/mol. The highest BCUT2D eigenvalue weighted by Gasteiger charge is 2.11. The van der Waals surface area contributed by atoms with Gasteiger partial charge >= 0.3 is 5.97 Å². The lowest BCUT2D eigenvalue weighted by Crippen LogP contribution is -2.24. The van der Waals surface area contributed by atoms with Crippen molar-refractivity contribution in [3.8, 4) is 0 Å². The van der Waals surface area contributed by atoms with Crippen LogP contribution in [0.1, 0.15) is 46.5 Å². The number of hydrogen-bond donors (Lipinski definition) is 2. The van der Waals surface area contributed by atoms with Crippen LogP contribution in [0.3, 0.4) is 0 Å². The summed E-state index contributed by atoms with van der Waals surface area (Å²) in [5.74, 6) is -1.19. The summed E-state index contributed by atoms with van der Waals surface area (Å²) in [6.07, 6.45) is 3.96. The Bertz CT molecular complexity index is 720. The van der Waals surface area contributed by atoms with Crippen LogP contribution in [0.15, 0.2) is 35.7 Å². The minimum atomic E-state index is -0.971. The first-order valence-electron chi connectivity index (χ1n) is 7.25. The summed E-state index contributed by atoms with van der Waals surface area (Å²) in [5, 5.41) is 14.7. The van der Waals surface area contributed by atoms with Crippen LogP contribution in [-0.2, 0) is 11.2 Å². The van der Waals surface area contributed by atoms with Gasteiger partial charge in [-0.2, -0.15) is 0 Å². The second-order valence-corrected chi connectivity index (χ2v) is 5.95. The van der Waals surface area contributed by atoms with E-state index in [2.05, 4.69) is 10.3 Å². The molecule has 0 fully saturated rings. The molecule has 0 radical (unpaired) electrons. The van der Waals surface area contributed by atoms with Crippen LogP contribution in [0.5, 0.6) is 0 Å². The lowest BCUT2D eigenvalue weighted by molar-refractivity contribution is -0.117. The van der Waals surface area contributed by atoms with Gasteiger partial charge < -0.3 is 10.4 Å². The van der Waals surface area contributed by atoms with Gasteiger partial charge in [-0.25, -0.2) is 9.78 Å². The van der Waals surface area contributed by atoms with Crippen molar-refractivity contribution in [2.75, 3.05) is 0 Å². The molecule has 0 spiro atoms. The number of aromatic nitrogens is 1. The average molecular weight is 330 g/mol. The number of nitrogens with one attached hydrogen (secondary N) is 1. The van der Waals surface area contributed by atoms with Gasteiger partial charge in [0.1, 0.15) is 0 Å². The molecule has 23 heavy (non-hydrogen) atoms. The number of rotatable bonds is 6. The van der Waals surface area contributed by atoms with Crippen LogP contribution in [-0.4, -0.2) is 22.0 Å². The average Bonchev–Trinajstić information content (AvgIpc) is 3.02. The van der Waals surface area contributed by atoms with E-state index in [0.29, 0.717) is 0 Å². The molecular formula is C17H18N2O3S. The van der Waals surface area contributed by atoms with E-state index in [1.165, 1.54) is 18.2 Å². The number of carbonyl (C=O) groups is 2. The summed E-state index contributed by atoms with van der Waals surface area (Å²) < 4.78 is 0. The van der Waals surface area contributed by atoms with Gasteiger partial charge in [-0.15, -0.1) is 11.3 Å². The minimum Gasteiger partial charge on any atom is -0.478 e. The number of carboxylic acid groups (broad SMARTS) is 1. The number of benzene rings is 1. The number of aromatic carboxylic acids is 1. The zero-order valence-electron chi connectivity index (χ0n) is 12.9. The van der Waals surface area contributed by atoms with Crippen LogP contribution in [0, 0.1) is 0 Å². The summed E-state index contributed by atoms with van der Waals surface area (Å²) in [6, 6.07) is 6.17. The maximum absolute atomic E-state index is 11.9. The van der Waals surface area contributed by atoms with E-state index in [4.69, 9.17) is 5.11 Å². The Kier molecular flexibility index (Phi) is 5.65. The molecule has 0 aliphatic carbocycles. The number of hydrogen-bond acceptors (Lipinski definition) is 4. The third kappa shape index (κ3) is 4.75. The predicted octanol–water partition coefficient (Wildman–Crippen LogP) is 3.29. The van der Waals surface area contributed by atoms with E-state index in [1.807, 2.05) is 19.2 Å². The summed E-state index contributed by atoms with van der Waals surface area (Å²) in [7, 11) is 0. The number of carbonyl (C=O) groups excluding carboxylic acids is 1. The Balaban J connectivity index is 1.94. The van der Waals surface area contributed by atoms with E-state index in [0.717, 1.165) is 22.7 Å². The number of aryl methyl sites for hydroxylation is 1. The molecule has 1 atom stereocenters. The first-order chi connectivity index (χ1) is 11.0. The number of amides is 1. The summed E-state index contributed by atoms with van der Waals surface area (Å²) in [5.41, 5.74) is 1.84. The van der Waals surface area contributed by atoms with Gasteiger partial charge in [0.2, 0.25) is 5.91 Å². The zero-order chi connectivity index (χ0) is 16.8. The summed E-state index contributed by atoms with van der Waals surface area (Å²) in [6.45, 7) is 3.94. The van der Waals surface area contributed by atoms with Crippen molar-refractivity contribution in [3.63, 3.8) is 0 Å². The second-order valence-electron chi connectivity index (χ2n) is 5.01. The molecule has 1 amide bonds. The molecule has 2 aromatic rings. The molecule has 1 aromatic carbocycles. The smallest absolute Gasteiger partial charge is 0.335 e. The van der Waals surface area contributed by atoms with Crippen molar-refractivity contribution in [1.29, 1.82) is 0 Å². The lowest BCUT2D eigenvalue weighted by Gasteiger charge is -2.09.